The van der Waals surface area contributed by atoms with E-state index in [0.717, 1.165) is 5.56 Å². The molecule has 0 amide bonds. The lowest BCUT2D eigenvalue weighted by atomic mass is 9.96. The minimum absolute atomic E-state index is 0.0423. The molecule has 0 aliphatic carbocycles. The maximum atomic E-state index is 12.8. The molecule has 1 aliphatic heterocycles. The van der Waals surface area contributed by atoms with Crippen LogP contribution < -0.4 is 0 Å². The molecule has 3 unspecified atom stereocenters. The number of ether oxygens (including phenoxy) is 1. The van der Waals surface area contributed by atoms with Gasteiger partial charge in [0.2, 0.25) is 10.0 Å². The zero-order valence-electron chi connectivity index (χ0n) is 14.1. The van der Waals surface area contributed by atoms with Gasteiger partial charge in [-0.05, 0) is 31.7 Å². The summed E-state index contributed by atoms with van der Waals surface area (Å²) in [6.07, 6.45) is 1.11. The monoisotopic (exact) mass is 355 g/mol. The van der Waals surface area contributed by atoms with E-state index in [2.05, 4.69) is 0 Å². The summed E-state index contributed by atoms with van der Waals surface area (Å²) in [5, 5.41) is 9.18. The van der Waals surface area contributed by atoms with Gasteiger partial charge in [-0.2, -0.15) is 4.31 Å². The SMILES string of the molecule is COC(Cc1ccccc1)CS(=O)(=O)N1CC(C(=O)O)CCC1C. The van der Waals surface area contributed by atoms with Gasteiger partial charge in [0.05, 0.1) is 17.8 Å². The summed E-state index contributed by atoms with van der Waals surface area (Å²) in [7, 11) is -2.08. The predicted molar refractivity (Wildman–Crippen MR) is 91.3 cm³/mol. The van der Waals surface area contributed by atoms with Gasteiger partial charge in [0.1, 0.15) is 0 Å². The molecule has 1 aromatic carbocycles. The van der Waals surface area contributed by atoms with Crippen LogP contribution in [-0.4, -0.2) is 55.4 Å². The molecule has 0 radical (unpaired) electrons. The molecule has 1 aromatic rings. The van der Waals surface area contributed by atoms with E-state index >= 15 is 0 Å². The van der Waals surface area contributed by atoms with Crippen molar-refractivity contribution in [2.75, 3.05) is 19.4 Å². The molecule has 134 valence electrons. The number of hydrogen-bond donors (Lipinski definition) is 1. The second-order valence-electron chi connectivity index (χ2n) is 6.36. The average Bonchev–Trinajstić information content (AvgIpc) is 2.55. The molecule has 1 aliphatic rings. The van der Waals surface area contributed by atoms with Gasteiger partial charge in [-0.25, -0.2) is 8.42 Å². The van der Waals surface area contributed by atoms with Crippen LogP contribution >= 0.6 is 0 Å². The van der Waals surface area contributed by atoms with Crippen molar-refractivity contribution in [3.63, 3.8) is 0 Å². The molecule has 3 atom stereocenters. The van der Waals surface area contributed by atoms with Crippen molar-refractivity contribution < 1.29 is 23.1 Å². The number of carboxylic acid groups (broad SMARTS) is 1. The Morgan fingerprint density at radius 3 is 2.58 bits per heavy atom. The Kier molecular flexibility index (Phi) is 6.37. The van der Waals surface area contributed by atoms with Crippen LogP contribution in [0.1, 0.15) is 25.3 Å². The molecule has 2 rings (SSSR count). The normalized spacial score (nSPS) is 23.8. The summed E-state index contributed by atoms with van der Waals surface area (Å²) in [5.74, 6) is -1.71. The lowest BCUT2D eigenvalue weighted by molar-refractivity contribution is -0.143. The first-order valence-corrected chi connectivity index (χ1v) is 9.73. The molecule has 0 spiro atoms. The van der Waals surface area contributed by atoms with E-state index in [4.69, 9.17) is 4.74 Å². The van der Waals surface area contributed by atoms with Crippen molar-refractivity contribution >= 4 is 16.0 Å². The molecule has 0 bridgehead atoms. The van der Waals surface area contributed by atoms with E-state index in [1.807, 2.05) is 37.3 Å². The van der Waals surface area contributed by atoms with E-state index in [1.165, 1.54) is 11.4 Å². The van der Waals surface area contributed by atoms with Gasteiger partial charge >= 0.3 is 5.97 Å². The molecule has 24 heavy (non-hydrogen) atoms. The zero-order chi connectivity index (χ0) is 17.7. The molecule has 0 aromatic heterocycles. The second kappa shape index (κ2) is 8.09. The van der Waals surface area contributed by atoms with Crippen molar-refractivity contribution in [2.45, 2.75) is 38.3 Å². The lowest BCUT2D eigenvalue weighted by Crippen LogP contribution is -2.49. The fourth-order valence-electron chi connectivity index (χ4n) is 3.08. The van der Waals surface area contributed by atoms with Crippen LogP contribution in [0.3, 0.4) is 0 Å². The maximum absolute atomic E-state index is 12.8. The number of hydrogen-bond acceptors (Lipinski definition) is 4. The van der Waals surface area contributed by atoms with E-state index < -0.39 is 28.0 Å². The number of sulfonamides is 1. The number of carbonyl (C=O) groups is 1. The number of aliphatic carboxylic acids is 1. The Hall–Kier alpha value is -1.44. The molecule has 1 heterocycles. The van der Waals surface area contributed by atoms with Gasteiger partial charge < -0.3 is 9.84 Å². The Balaban J connectivity index is 2.08. The topological polar surface area (TPSA) is 83.9 Å². The number of rotatable bonds is 7. The molecule has 6 nitrogen and oxygen atoms in total. The molecule has 1 N–H and O–H groups in total. The fraction of sp³-hybridized carbons (Fsp3) is 0.588. The first-order valence-electron chi connectivity index (χ1n) is 8.12. The van der Waals surface area contributed by atoms with Gasteiger partial charge in [-0.15, -0.1) is 0 Å². The van der Waals surface area contributed by atoms with Crippen LogP contribution in [0.25, 0.3) is 0 Å². The van der Waals surface area contributed by atoms with Gasteiger partial charge in [0.15, 0.2) is 0 Å². The first kappa shape index (κ1) is 18.9. The number of methoxy groups -OCH3 is 1. The molecular formula is C17H25NO5S. The number of piperidine rings is 1. The summed E-state index contributed by atoms with van der Waals surface area (Å²) in [5.41, 5.74) is 1.01. The van der Waals surface area contributed by atoms with Gasteiger partial charge in [-0.3, -0.25) is 4.79 Å². The smallest absolute Gasteiger partial charge is 0.307 e. The van der Waals surface area contributed by atoms with Crippen LogP contribution in [0.4, 0.5) is 0 Å². The third-order valence-electron chi connectivity index (χ3n) is 4.57. The number of carboxylic acids is 1. The predicted octanol–water partition coefficient (Wildman–Crippen LogP) is 1.76. The fourth-order valence-corrected chi connectivity index (χ4v) is 5.06. The van der Waals surface area contributed by atoms with Crippen molar-refractivity contribution in [1.29, 1.82) is 0 Å². The van der Waals surface area contributed by atoms with Gasteiger partial charge in [-0.1, -0.05) is 30.3 Å². The van der Waals surface area contributed by atoms with Crippen LogP contribution in [0.5, 0.6) is 0 Å². The molecular weight excluding hydrogens is 330 g/mol. The first-order chi connectivity index (χ1) is 11.3. The standard InChI is InChI=1S/C17H25NO5S/c1-13-8-9-15(17(19)20)11-18(13)24(21,22)12-16(23-2)10-14-6-4-3-5-7-14/h3-7,13,15-16H,8-12H2,1-2H3,(H,19,20). The minimum Gasteiger partial charge on any atom is -0.481 e. The summed E-state index contributed by atoms with van der Waals surface area (Å²) in [4.78, 5) is 11.2. The van der Waals surface area contributed by atoms with Crippen molar-refractivity contribution in [1.82, 2.24) is 4.31 Å². The van der Waals surface area contributed by atoms with Crippen LogP contribution in [0.15, 0.2) is 30.3 Å². The third kappa shape index (κ3) is 4.78. The quantitative estimate of drug-likeness (QED) is 0.806. The van der Waals surface area contributed by atoms with Gasteiger partial charge in [0, 0.05) is 19.7 Å². The highest BCUT2D eigenvalue weighted by Gasteiger charge is 2.37. The van der Waals surface area contributed by atoms with E-state index in [9.17, 15) is 18.3 Å². The number of nitrogens with zero attached hydrogens (tertiary/aromatic N) is 1. The van der Waals surface area contributed by atoms with E-state index in [0.29, 0.717) is 19.3 Å². The van der Waals surface area contributed by atoms with E-state index in [-0.39, 0.29) is 18.3 Å². The lowest BCUT2D eigenvalue weighted by Gasteiger charge is -2.36. The summed E-state index contributed by atoms with van der Waals surface area (Å²) in [6, 6.07) is 9.40. The highest BCUT2D eigenvalue weighted by molar-refractivity contribution is 7.89. The summed E-state index contributed by atoms with van der Waals surface area (Å²) >= 11 is 0. The minimum atomic E-state index is -3.59. The van der Waals surface area contributed by atoms with Crippen LogP contribution in [-0.2, 0) is 26.0 Å². The number of benzene rings is 1. The highest BCUT2D eigenvalue weighted by atomic mass is 32.2. The van der Waals surface area contributed by atoms with Crippen LogP contribution in [0.2, 0.25) is 0 Å². The zero-order valence-corrected chi connectivity index (χ0v) is 14.9. The van der Waals surface area contributed by atoms with Crippen molar-refractivity contribution in [3.8, 4) is 0 Å². The molecule has 1 saturated heterocycles. The summed E-state index contributed by atoms with van der Waals surface area (Å²) < 4.78 is 32.3. The van der Waals surface area contributed by atoms with Crippen molar-refractivity contribution in [2.24, 2.45) is 5.92 Å². The third-order valence-corrected chi connectivity index (χ3v) is 6.58. The van der Waals surface area contributed by atoms with Gasteiger partial charge in [0.25, 0.3) is 0 Å². The van der Waals surface area contributed by atoms with Crippen molar-refractivity contribution in [3.05, 3.63) is 35.9 Å². The van der Waals surface area contributed by atoms with E-state index in [1.54, 1.807) is 0 Å². The second-order valence-corrected chi connectivity index (χ2v) is 8.32. The Morgan fingerprint density at radius 2 is 2.00 bits per heavy atom. The average molecular weight is 355 g/mol. The maximum Gasteiger partial charge on any atom is 0.307 e. The Bertz CT molecular complexity index is 646. The highest BCUT2D eigenvalue weighted by Crippen LogP contribution is 2.25. The Labute approximate surface area is 143 Å². The van der Waals surface area contributed by atoms with Crippen LogP contribution in [0, 0.1) is 5.92 Å². The largest absolute Gasteiger partial charge is 0.481 e. The molecule has 0 saturated carbocycles. The summed E-state index contributed by atoms with van der Waals surface area (Å²) in [6.45, 7) is 1.87. The Morgan fingerprint density at radius 1 is 1.33 bits per heavy atom. The molecule has 7 heteroatoms. The molecule has 1 fully saturated rings.